The second-order valence-electron chi connectivity index (χ2n) is 6.52. The van der Waals surface area contributed by atoms with Crippen LogP contribution >= 0.6 is 0 Å². The summed E-state index contributed by atoms with van der Waals surface area (Å²) in [7, 11) is 0. The summed E-state index contributed by atoms with van der Waals surface area (Å²) in [5.74, 6) is 0.707. The number of amides is 1. The molecule has 0 bridgehead atoms. The largest absolute Gasteiger partial charge is 0.340 e. The third-order valence-electron chi connectivity index (χ3n) is 4.39. The van der Waals surface area contributed by atoms with Crippen LogP contribution in [0.15, 0.2) is 12.1 Å². The van der Waals surface area contributed by atoms with Crippen molar-refractivity contribution in [2.75, 3.05) is 26.2 Å². The van der Waals surface area contributed by atoms with Crippen molar-refractivity contribution in [2.24, 2.45) is 5.92 Å². The van der Waals surface area contributed by atoms with E-state index in [1.165, 1.54) is 22.3 Å². The van der Waals surface area contributed by atoms with Gasteiger partial charge in [-0.25, -0.2) is 0 Å². The molecule has 1 atom stereocenters. The topological polar surface area (TPSA) is 32.3 Å². The highest BCUT2D eigenvalue weighted by Crippen LogP contribution is 2.21. The van der Waals surface area contributed by atoms with Gasteiger partial charge in [0.2, 0.25) is 5.91 Å². The predicted octanol–water partition coefficient (Wildman–Crippen LogP) is 2.61. The number of aryl methyl sites for hydroxylation is 3. The number of hydrogen-bond donors (Lipinski definition) is 1. The van der Waals surface area contributed by atoms with Crippen LogP contribution in [0, 0.1) is 26.7 Å². The minimum Gasteiger partial charge on any atom is -0.340 e. The molecule has 0 aromatic heterocycles. The summed E-state index contributed by atoms with van der Waals surface area (Å²) in [4.78, 5) is 14.3. The number of carbonyl (C=O) groups excluding carboxylic acids is 1. The van der Waals surface area contributed by atoms with Crippen molar-refractivity contribution in [3.05, 3.63) is 34.4 Å². The minimum absolute atomic E-state index is 0.311. The minimum atomic E-state index is 0.311. The molecule has 1 amide bonds. The number of hydrogen-bond acceptors (Lipinski definition) is 2. The molecule has 3 nitrogen and oxygen atoms in total. The van der Waals surface area contributed by atoms with E-state index in [2.05, 4.69) is 45.1 Å². The van der Waals surface area contributed by atoms with Gasteiger partial charge in [-0.15, -0.1) is 0 Å². The van der Waals surface area contributed by atoms with Crippen LogP contribution in [0.4, 0.5) is 0 Å². The van der Waals surface area contributed by atoms with Gasteiger partial charge in [-0.2, -0.15) is 0 Å². The molecule has 1 saturated heterocycles. The van der Waals surface area contributed by atoms with Gasteiger partial charge in [0.15, 0.2) is 0 Å². The molecule has 0 radical (unpaired) electrons. The lowest BCUT2D eigenvalue weighted by molar-refractivity contribution is -0.132. The van der Waals surface area contributed by atoms with Gasteiger partial charge in [-0.1, -0.05) is 24.6 Å². The fourth-order valence-corrected chi connectivity index (χ4v) is 3.29. The van der Waals surface area contributed by atoms with Crippen molar-refractivity contribution in [1.82, 2.24) is 10.2 Å². The van der Waals surface area contributed by atoms with E-state index in [0.29, 0.717) is 18.2 Å². The van der Waals surface area contributed by atoms with Gasteiger partial charge in [-0.3, -0.25) is 4.79 Å². The molecule has 1 fully saturated rings. The van der Waals surface area contributed by atoms with Gasteiger partial charge < -0.3 is 10.2 Å². The Morgan fingerprint density at radius 2 is 1.76 bits per heavy atom. The van der Waals surface area contributed by atoms with Crippen molar-refractivity contribution in [1.29, 1.82) is 0 Å². The summed E-state index contributed by atoms with van der Waals surface area (Å²) in [6, 6.07) is 4.49. The van der Waals surface area contributed by atoms with Crippen molar-refractivity contribution in [2.45, 2.75) is 40.5 Å². The van der Waals surface area contributed by atoms with E-state index in [1.807, 2.05) is 4.90 Å². The lowest BCUT2D eigenvalue weighted by atomic mass is 9.90. The van der Waals surface area contributed by atoms with Crippen molar-refractivity contribution in [3.63, 3.8) is 0 Å². The van der Waals surface area contributed by atoms with Crippen molar-refractivity contribution < 1.29 is 4.79 Å². The molecule has 1 aliphatic rings. The Morgan fingerprint density at radius 3 is 2.33 bits per heavy atom. The number of nitrogens with one attached hydrogen (secondary N) is 1. The Morgan fingerprint density at radius 1 is 1.19 bits per heavy atom. The average Bonchev–Trinajstić information content (AvgIpc) is 2.43. The third-order valence-corrected chi connectivity index (χ3v) is 4.39. The highest BCUT2D eigenvalue weighted by molar-refractivity contribution is 5.76. The van der Waals surface area contributed by atoms with E-state index >= 15 is 0 Å². The molecule has 0 spiro atoms. The van der Waals surface area contributed by atoms with Crippen LogP contribution in [0.2, 0.25) is 0 Å². The quantitative estimate of drug-likeness (QED) is 0.923. The molecule has 3 heteroatoms. The predicted molar refractivity (Wildman–Crippen MR) is 87.6 cm³/mol. The fraction of sp³-hybridized carbons (Fsp3) is 0.611. The van der Waals surface area contributed by atoms with Crippen LogP contribution < -0.4 is 5.32 Å². The van der Waals surface area contributed by atoms with Crippen LogP contribution in [0.5, 0.6) is 0 Å². The molecule has 0 saturated carbocycles. The Hall–Kier alpha value is -1.35. The molecule has 0 aliphatic carbocycles. The highest BCUT2D eigenvalue weighted by atomic mass is 16.2. The average molecular weight is 288 g/mol. The first-order valence-electron chi connectivity index (χ1n) is 8.02. The number of benzene rings is 1. The van der Waals surface area contributed by atoms with Crippen molar-refractivity contribution >= 4 is 5.91 Å². The van der Waals surface area contributed by atoms with Crippen LogP contribution in [-0.2, 0) is 11.2 Å². The molecule has 1 aromatic carbocycles. The fourth-order valence-electron chi connectivity index (χ4n) is 3.29. The molecule has 2 rings (SSSR count). The summed E-state index contributed by atoms with van der Waals surface area (Å²) in [6.07, 6.45) is 1.66. The number of carbonyl (C=O) groups is 1. The lowest BCUT2D eigenvalue weighted by Crippen LogP contribution is -2.46. The first kappa shape index (κ1) is 16.0. The number of piperazine rings is 1. The Bertz CT molecular complexity index is 481. The second-order valence-corrected chi connectivity index (χ2v) is 6.52. The zero-order valence-electron chi connectivity index (χ0n) is 13.8. The van der Waals surface area contributed by atoms with Crippen LogP contribution in [0.3, 0.4) is 0 Å². The monoisotopic (exact) mass is 288 g/mol. The van der Waals surface area contributed by atoms with Gasteiger partial charge in [0.25, 0.3) is 0 Å². The highest BCUT2D eigenvalue weighted by Gasteiger charge is 2.19. The zero-order valence-corrected chi connectivity index (χ0v) is 13.8. The van der Waals surface area contributed by atoms with Crippen LogP contribution in [-0.4, -0.2) is 37.0 Å². The lowest BCUT2D eigenvalue weighted by Gasteiger charge is -2.28. The maximum absolute atomic E-state index is 12.3. The molecular formula is C18H28N2O. The van der Waals surface area contributed by atoms with Crippen molar-refractivity contribution in [3.8, 4) is 0 Å². The van der Waals surface area contributed by atoms with Gasteiger partial charge >= 0.3 is 0 Å². The summed E-state index contributed by atoms with van der Waals surface area (Å²) >= 11 is 0. The Labute approximate surface area is 128 Å². The SMILES string of the molecule is Cc1cc(C)c(CC(C)CC(=O)N2CCNCC2)c(C)c1. The first-order valence-corrected chi connectivity index (χ1v) is 8.02. The molecule has 1 N–H and O–H groups in total. The molecule has 1 aromatic rings. The summed E-state index contributed by atoms with van der Waals surface area (Å²) in [6.45, 7) is 12.3. The molecule has 1 heterocycles. The third kappa shape index (κ3) is 4.31. The van der Waals surface area contributed by atoms with E-state index in [0.717, 1.165) is 32.6 Å². The van der Waals surface area contributed by atoms with E-state index in [4.69, 9.17) is 0 Å². The Balaban J connectivity index is 1.95. The number of rotatable bonds is 4. The zero-order chi connectivity index (χ0) is 15.4. The number of nitrogens with zero attached hydrogens (tertiary/aromatic N) is 1. The summed E-state index contributed by atoms with van der Waals surface area (Å²) in [5.41, 5.74) is 5.45. The molecule has 116 valence electrons. The van der Waals surface area contributed by atoms with E-state index in [9.17, 15) is 4.79 Å². The second kappa shape index (κ2) is 7.08. The van der Waals surface area contributed by atoms with E-state index in [1.54, 1.807) is 0 Å². The smallest absolute Gasteiger partial charge is 0.222 e. The summed E-state index contributed by atoms with van der Waals surface area (Å²) in [5, 5.41) is 3.29. The normalized spacial score (nSPS) is 16.9. The molecule has 1 aliphatic heterocycles. The van der Waals surface area contributed by atoms with Crippen LogP contribution in [0.25, 0.3) is 0 Å². The first-order chi connectivity index (χ1) is 9.97. The molecular weight excluding hydrogens is 260 g/mol. The van der Waals surface area contributed by atoms with Gasteiger partial charge in [-0.05, 0) is 49.8 Å². The van der Waals surface area contributed by atoms with Gasteiger partial charge in [0.05, 0.1) is 0 Å². The van der Waals surface area contributed by atoms with E-state index in [-0.39, 0.29) is 0 Å². The molecule has 21 heavy (non-hydrogen) atoms. The van der Waals surface area contributed by atoms with Gasteiger partial charge in [0.1, 0.15) is 0 Å². The maximum atomic E-state index is 12.3. The summed E-state index contributed by atoms with van der Waals surface area (Å²) < 4.78 is 0. The van der Waals surface area contributed by atoms with Crippen LogP contribution in [0.1, 0.15) is 35.6 Å². The maximum Gasteiger partial charge on any atom is 0.222 e. The standard InChI is InChI=1S/C18H28N2O/c1-13-9-15(3)17(16(4)10-13)11-14(2)12-18(21)20-7-5-19-6-8-20/h9-10,14,19H,5-8,11-12H2,1-4H3. The van der Waals surface area contributed by atoms with Gasteiger partial charge in [0, 0.05) is 32.6 Å². The van der Waals surface area contributed by atoms with E-state index < -0.39 is 0 Å². The molecule has 1 unspecified atom stereocenters. The Kier molecular flexibility index (Phi) is 5.40.